The molecular weight excluding hydrogens is 478 g/mol. The molecule has 0 saturated carbocycles. The van der Waals surface area contributed by atoms with Gasteiger partial charge in [0.05, 0.1) is 17.3 Å². The van der Waals surface area contributed by atoms with Crippen LogP contribution < -0.4 is 15.5 Å². The van der Waals surface area contributed by atoms with E-state index < -0.39 is 17.8 Å². The van der Waals surface area contributed by atoms with Crippen molar-refractivity contribution in [1.29, 1.82) is 0 Å². The first-order valence-corrected chi connectivity index (χ1v) is 9.99. The van der Waals surface area contributed by atoms with Crippen LogP contribution in [-0.4, -0.2) is 37.2 Å². The number of rotatable bonds is 9. The van der Waals surface area contributed by atoms with Crippen molar-refractivity contribution >= 4 is 57.2 Å². The van der Waals surface area contributed by atoms with Crippen LogP contribution in [0.5, 0.6) is 5.75 Å². The van der Waals surface area contributed by atoms with E-state index in [1.165, 1.54) is 6.21 Å². The normalized spacial score (nSPS) is 10.5. The van der Waals surface area contributed by atoms with Crippen LogP contribution in [0.3, 0.4) is 0 Å². The van der Waals surface area contributed by atoms with E-state index in [9.17, 15) is 14.4 Å². The minimum atomic E-state index is -0.564. The molecule has 0 aromatic heterocycles. The number of hydrazone groups is 1. The van der Waals surface area contributed by atoms with Crippen LogP contribution >= 0.6 is 27.5 Å². The largest absolute Gasteiger partial charge is 0.481 e. The lowest BCUT2D eigenvalue weighted by molar-refractivity contribution is -0.145. The Morgan fingerprint density at radius 2 is 1.87 bits per heavy atom. The Kier molecular flexibility index (Phi) is 9.30. The lowest BCUT2D eigenvalue weighted by atomic mass is 10.2. The molecule has 0 heterocycles. The predicted octanol–water partition coefficient (Wildman–Crippen LogP) is 3.52. The van der Waals surface area contributed by atoms with Gasteiger partial charge >= 0.3 is 5.97 Å². The van der Waals surface area contributed by atoms with E-state index in [1.807, 2.05) is 0 Å². The number of amides is 2. The lowest BCUT2D eigenvalue weighted by Crippen LogP contribution is -2.24. The Morgan fingerprint density at radius 1 is 1.13 bits per heavy atom. The fourth-order valence-corrected chi connectivity index (χ4v) is 2.79. The summed E-state index contributed by atoms with van der Waals surface area (Å²) in [5.74, 6) is -1.04. The summed E-state index contributed by atoms with van der Waals surface area (Å²) in [5.41, 5.74) is 3.49. The van der Waals surface area contributed by atoms with E-state index in [4.69, 9.17) is 21.1 Å². The Balaban J connectivity index is 1.80. The number of anilines is 1. The van der Waals surface area contributed by atoms with Crippen LogP contribution in [0.1, 0.15) is 18.9 Å². The van der Waals surface area contributed by atoms with Crippen molar-refractivity contribution in [2.45, 2.75) is 13.3 Å². The topological polar surface area (TPSA) is 106 Å². The third-order valence-electron chi connectivity index (χ3n) is 3.46. The summed E-state index contributed by atoms with van der Waals surface area (Å²) in [6, 6.07) is 11.6. The highest BCUT2D eigenvalue weighted by Crippen LogP contribution is 2.25. The Morgan fingerprint density at radius 3 is 2.53 bits per heavy atom. The zero-order valence-corrected chi connectivity index (χ0v) is 18.3. The number of benzene rings is 2. The number of esters is 1. The van der Waals surface area contributed by atoms with Gasteiger partial charge in [-0.3, -0.25) is 9.59 Å². The zero-order valence-electron chi connectivity index (χ0n) is 16.0. The SMILES string of the molecule is CCOC(=O)COc1ccc(C=NNC(=O)CC(=O)Nc2ccc(Cl)cc2)cc1Br. The average Bonchev–Trinajstić information content (AvgIpc) is 2.69. The van der Waals surface area contributed by atoms with Crippen LogP contribution in [0.15, 0.2) is 52.0 Å². The second kappa shape index (κ2) is 11.9. The number of hydrogen-bond acceptors (Lipinski definition) is 6. The quantitative estimate of drug-likeness (QED) is 0.239. The number of halogens is 2. The van der Waals surface area contributed by atoms with Gasteiger partial charge in [0.15, 0.2) is 6.61 Å². The monoisotopic (exact) mass is 495 g/mol. The maximum absolute atomic E-state index is 11.9. The van der Waals surface area contributed by atoms with Crippen molar-refractivity contribution in [3.63, 3.8) is 0 Å². The van der Waals surface area contributed by atoms with Gasteiger partial charge in [-0.1, -0.05) is 11.6 Å². The van der Waals surface area contributed by atoms with E-state index in [1.54, 1.807) is 49.4 Å². The lowest BCUT2D eigenvalue weighted by Gasteiger charge is -2.08. The highest BCUT2D eigenvalue weighted by Gasteiger charge is 2.09. The summed E-state index contributed by atoms with van der Waals surface area (Å²) in [6.07, 6.45) is 1.03. The van der Waals surface area contributed by atoms with E-state index in [2.05, 4.69) is 31.8 Å². The van der Waals surface area contributed by atoms with Crippen LogP contribution in [0, 0.1) is 0 Å². The second-order valence-corrected chi connectivity index (χ2v) is 7.10. The van der Waals surface area contributed by atoms with Crippen LogP contribution in [0.4, 0.5) is 5.69 Å². The van der Waals surface area contributed by atoms with Gasteiger partial charge in [-0.25, -0.2) is 10.2 Å². The van der Waals surface area contributed by atoms with E-state index in [-0.39, 0.29) is 19.6 Å². The Hall–Kier alpha value is -2.91. The maximum atomic E-state index is 11.9. The predicted molar refractivity (Wildman–Crippen MR) is 117 cm³/mol. The van der Waals surface area contributed by atoms with Gasteiger partial charge in [0, 0.05) is 10.7 Å². The van der Waals surface area contributed by atoms with Gasteiger partial charge in [-0.15, -0.1) is 0 Å². The highest BCUT2D eigenvalue weighted by atomic mass is 79.9. The summed E-state index contributed by atoms with van der Waals surface area (Å²) in [5, 5.41) is 6.96. The average molecular weight is 497 g/mol. The molecule has 2 amide bonds. The third kappa shape index (κ3) is 8.22. The summed E-state index contributed by atoms with van der Waals surface area (Å²) in [6.45, 7) is 1.80. The molecule has 0 atom stereocenters. The third-order valence-corrected chi connectivity index (χ3v) is 4.33. The number of carbonyl (C=O) groups excluding carboxylic acids is 3. The molecule has 0 bridgehead atoms. The van der Waals surface area contributed by atoms with Crippen LogP contribution in [0.2, 0.25) is 5.02 Å². The molecule has 0 aliphatic heterocycles. The molecule has 0 radical (unpaired) electrons. The van der Waals surface area contributed by atoms with Crippen molar-refractivity contribution in [2.75, 3.05) is 18.5 Å². The molecule has 2 aromatic rings. The standard InChI is InChI=1S/C20H19BrClN3O5/c1-2-29-20(28)12-30-17-8-3-13(9-16(17)21)11-23-25-19(27)10-18(26)24-15-6-4-14(22)5-7-15/h3-9,11H,2,10,12H2,1H3,(H,24,26)(H,25,27). The van der Waals surface area contributed by atoms with Gasteiger partial charge in [-0.2, -0.15) is 5.10 Å². The van der Waals surface area contributed by atoms with Gasteiger partial charge in [0.2, 0.25) is 11.8 Å². The van der Waals surface area contributed by atoms with E-state index >= 15 is 0 Å². The molecular formula is C20H19BrClN3O5. The molecule has 0 aliphatic rings. The Bertz CT molecular complexity index is 935. The van der Waals surface area contributed by atoms with Crippen LogP contribution in [-0.2, 0) is 19.1 Å². The summed E-state index contributed by atoms with van der Waals surface area (Å²) in [7, 11) is 0. The minimum absolute atomic E-state index is 0.200. The molecule has 158 valence electrons. The molecule has 2 N–H and O–H groups in total. The smallest absolute Gasteiger partial charge is 0.344 e. The summed E-state index contributed by atoms with van der Waals surface area (Å²) >= 11 is 9.12. The van der Waals surface area contributed by atoms with Crippen molar-refractivity contribution < 1.29 is 23.9 Å². The van der Waals surface area contributed by atoms with E-state index in [0.717, 1.165) is 0 Å². The number of nitrogens with zero attached hydrogens (tertiary/aromatic N) is 1. The first kappa shape index (κ1) is 23.4. The van der Waals surface area contributed by atoms with Gasteiger partial charge < -0.3 is 14.8 Å². The maximum Gasteiger partial charge on any atom is 0.344 e. The minimum Gasteiger partial charge on any atom is -0.481 e. The first-order valence-electron chi connectivity index (χ1n) is 8.82. The molecule has 0 fully saturated rings. The van der Waals surface area contributed by atoms with Gasteiger partial charge in [0.1, 0.15) is 12.2 Å². The summed E-state index contributed by atoms with van der Waals surface area (Å²) in [4.78, 5) is 35.0. The molecule has 0 aliphatic carbocycles. The molecule has 2 aromatic carbocycles. The molecule has 2 rings (SSSR count). The van der Waals surface area contributed by atoms with Crippen molar-refractivity contribution in [1.82, 2.24) is 5.43 Å². The molecule has 0 saturated heterocycles. The fraction of sp³-hybridized carbons (Fsp3) is 0.200. The number of hydrogen-bond donors (Lipinski definition) is 2. The van der Waals surface area contributed by atoms with Crippen molar-refractivity contribution in [3.8, 4) is 5.75 Å². The highest BCUT2D eigenvalue weighted by molar-refractivity contribution is 9.10. The number of nitrogens with one attached hydrogen (secondary N) is 2. The molecule has 0 unspecified atom stereocenters. The van der Waals surface area contributed by atoms with Crippen molar-refractivity contribution in [3.05, 3.63) is 57.5 Å². The molecule has 30 heavy (non-hydrogen) atoms. The molecule has 10 heteroatoms. The second-order valence-electron chi connectivity index (χ2n) is 5.81. The number of carbonyl (C=O) groups is 3. The zero-order chi connectivity index (χ0) is 21.9. The first-order chi connectivity index (χ1) is 14.4. The van der Waals surface area contributed by atoms with Crippen LogP contribution in [0.25, 0.3) is 0 Å². The van der Waals surface area contributed by atoms with Gasteiger partial charge in [0.25, 0.3) is 0 Å². The van der Waals surface area contributed by atoms with Gasteiger partial charge in [-0.05, 0) is 70.9 Å². The van der Waals surface area contributed by atoms with E-state index in [0.29, 0.717) is 26.5 Å². The fourth-order valence-electron chi connectivity index (χ4n) is 2.16. The number of ether oxygens (including phenoxy) is 2. The Labute approximate surface area is 186 Å². The molecule has 0 spiro atoms. The molecule has 8 nitrogen and oxygen atoms in total. The summed E-state index contributed by atoms with van der Waals surface area (Å²) < 4.78 is 10.8. The van der Waals surface area contributed by atoms with Crippen molar-refractivity contribution in [2.24, 2.45) is 5.10 Å².